The SMILES string of the molecule is CC(C)(C)OC(=O)Nc1ccccc1NC(=O)c1ccc(CNC(=O)NC(CCCN2CCOCC2)Cc2ccccc2)cc1. The Hall–Kier alpha value is -4.41. The number of ether oxygens (including phenoxy) is 2. The minimum absolute atomic E-state index is 0.00667. The molecule has 0 saturated carbocycles. The number of para-hydroxylation sites is 2. The molecule has 1 heterocycles. The Kier molecular flexibility index (Phi) is 12.4. The normalized spacial score (nSPS) is 14.2. The van der Waals surface area contributed by atoms with Crippen molar-refractivity contribution in [3.63, 3.8) is 0 Å². The topological polar surface area (TPSA) is 121 Å². The van der Waals surface area contributed by atoms with E-state index >= 15 is 0 Å². The van der Waals surface area contributed by atoms with E-state index in [0.717, 1.165) is 57.7 Å². The number of amides is 4. The number of urea groups is 1. The first-order valence-corrected chi connectivity index (χ1v) is 15.5. The van der Waals surface area contributed by atoms with Crippen molar-refractivity contribution in [1.82, 2.24) is 15.5 Å². The van der Waals surface area contributed by atoms with Gasteiger partial charge in [0, 0.05) is 31.2 Å². The van der Waals surface area contributed by atoms with Gasteiger partial charge in [0.2, 0.25) is 0 Å². The number of carbonyl (C=O) groups excluding carboxylic acids is 3. The molecule has 0 bridgehead atoms. The van der Waals surface area contributed by atoms with E-state index in [2.05, 4.69) is 38.3 Å². The molecule has 0 aromatic heterocycles. The van der Waals surface area contributed by atoms with Crippen LogP contribution < -0.4 is 21.3 Å². The van der Waals surface area contributed by atoms with Crippen LogP contribution in [0.1, 0.15) is 55.1 Å². The molecule has 0 aliphatic carbocycles. The average molecular weight is 616 g/mol. The minimum Gasteiger partial charge on any atom is -0.444 e. The van der Waals surface area contributed by atoms with Crippen molar-refractivity contribution in [1.29, 1.82) is 0 Å². The summed E-state index contributed by atoms with van der Waals surface area (Å²) in [6, 6.07) is 23.9. The highest BCUT2D eigenvalue weighted by atomic mass is 16.6. The Bertz CT molecular complexity index is 1390. The van der Waals surface area contributed by atoms with Gasteiger partial charge in [-0.15, -0.1) is 0 Å². The summed E-state index contributed by atoms with van der Waals surface area (Å²) < 4.78 is 10.8. The first-order chi connectivity index (χ1) is 21.6. The number of nitrogens with one attached hydrogen (secondary N) is 4. The summed E-state index contributed by atoms with van der Waals surface area (Å²) in [6.45, 7) is 10.1. The minimum atomic E-state index is -0.646. The number of nitrogens with zero attached hydrogens (tertiary/aromatic N) is 1. The molecular weight excluding hydrogens is 570 g/mol. The van der Waals surface area contributed by atoms with Gasteiger partial charge in [0.05, 0.1) is 24.6 Å². The van der Waals surface area contributed by atoms with Crippen molar-refractivity contribution in [2.75, 3.05) is 43.5 Å². The summed E-state index contributed by atoms with van der Waals surface area (Å²) in [4.78, 5) is 40.5. The van der Waals surface area contributed by atoms with Crippen LogP contribution in [0, 0.1) is 0 Å². The second kappa shape index (κ2) is 16.6. The van der Waals surface area contributed by atoms with Crippen LogP contribution in [-0.2, 0) is 22.4 Å². The van der Waals surface area contributed by atoms with Crippen molar-refractivity contribution in [3.05, 3.63) is 95.6 Å². The molecule has 1 fully saturated rings. The lowest BCUT2D eigenvalue weighted by Crippen LogP contribution is -2.43. The Balaban J connectivity index is 1.27. The highest BCUT2D eigenvalue weighted by Gasteiger charge is 2.18. The molecule has 1 aliphatic rings. The summed E-state index contributed by atoms with van der Waals surface area (Å²) in [5.74, 6) is -0.327. The first-order valence-electron chi connectivity index (χ1n) is 15.5. The predicted molar refractivity (Wildman–Crippen MR) is 176 cm³/mol. The van der Waals surface area contributed by atoms with Crippen LogP contribution in [0.5, 0.6) is 0 Å². The van der Waals surface area contributed by atoms with E-state index in [1.54, 1.807) is 57.2 Å². The third-order valence-electron chi connectivity index (χ3n) is 7.27. The van der Waals surface area contributed by atoms with E-state index in [1.165, 1.54) is 5.56 Å². The number of hydrogen-bond acceptors (Lipinski definition) is 6. The standard InChI is InChI=1S/C35H45N5O5/c1-35(2,3)45-34(43)39-31-14-8-7-13-30(31)38-32(41)28-17-15-27(16-18-28)25-36-33(42)37-29(24-26-10-5-4-6-11-26)12-9-19-40-20-22-44-23-21-40/h4-8,10-11,13-18,29H,9,12,19-25H2,1-3H3,(H,38,41)(H,39,43)(H2,36,37,42). The van der Waals surface area contributed by atoms with Gasteiger partial charge in [-0.2, -0.15) is 0 Å². The number of benzene rings is 3. The Labute approximate surface area is 265 Å². The summed E-state index contributed by atoms with van der Waals surface area (Å²) in [5, 5.41) is 11.7. The molecule has 4 rings (SSSR count). The maximum atomic E-state index is 13.0. The average Bonchev–Trinajstić information content (AvgIpc) is 3.01. The summed E-state index contributed by atoms with van der Waals surface area (Å²) in [6.07, 6.45) is 2.02. The van der Waals surface area contributed by atoms with Gasteiger partial charge in [-0.1, -0.05) is 54.6 Å². The van der Waals surface area contributed by atoms with Crippen LogP contribution in [0.2, 0.25) is 0 Å². The zero-order valence-electron chi connectivity index (χ0n) is 26.4. The third kappa shape index (κ3) is 11.9. The first kappa shape index (κ1) is 33.5. The molecule has 240 valence electrons. The molecule has 0 spiro atoms. The Morgan fingerprint density at radius 1 is 0.844 bits per heavy atom. The fourth-order valence-electron chi connectivity index (χ4n) is 5.01. The quantitative estimate of drug-likeness (QED) is 0.204. The van der Waals surface area contributed by atoms with Gasteiger partial charge in [-0.25, -0.2) is 9.59 Å². The fourth-order valence-corrected chi connectivity index (χ4v) is 5.01. The molecule has 45 heavy (non-hydrogen) atoms. The molecule has 4 N–H and O–H groups in total. The van der Waals surface area contributed by atoms with E-state index in [-0.39, 0.29) is 18.0 Å². The van der Waals surface area contributed by atoms with Crippen LogP contribution in [0.3, 0.4) is 0 Å². The molecule has 1 atom stereocenters. The smallest absolute Gasteiger partial charge is 0.412 e. The van der Waals surface area contributed by atoms with Crippen LogP contribution in [0.25, 0.3) is 0 Å². The van der Waals surface area contributed by atoms with Crippen LogP contribution in [-0.4, -0.2) is 67.4 Å². The lowest BCUT2D eigenvalue weighted by molar-refractivity contribution is 0.0369. The molecule has 4 amide bonds. The van der Waals surface area contributed by atoms with Gasteiger partial charge < -0.3 is 25.4 Å². The Morgan fingerprint density at radius 2 is 1.49 bits per heavy atom. The van der Waals surface area contributed by atoms with Crippen molar-refractivity contribution >= 4 is 29.4 Å². The molecule has 1 aliphatic heterocycles. The molecule has 1 saturated heterocycles. The summed E-state index contributed by atoms with van der Waals surface area (Å²) in [5.41, 5.74) is 2.72. The van der Waals surface area contributed by atoms with E-state index in [0.29, 0.717) is 23.5 Å². The van der Waals surface area contributed by atoms with Crippen molar-refractivity contribution in [2.24, 2.45) is 0 Å². The molecule has 10 heteroatoms. The van der Waals surface area contributed by atoms with Gasteiger partial charge in [0.1, 0.15) is 5.60 Å². The number of morpholine rings is 1. The van der Waals surface area contributed by atoms with Crippen LogP contribution in [0.4, 0.5) is 21.0 Å². The van der Waals surface area contributed by atoms with E-state index in [9.17, 15) is 14.4 Å². The molecule has 1 unspecified atom stereocenters. The molecule has 10 nitrogen and oxygen atoms in total. The highest BCUT2D eigenvalue weighted by molar-refractivity contribution is 6.06. The zero-order valence-corrected chi connectivity index (χ0v) is 26.4. The molecule has 0 radical (unpaired) electrons. The number of carbonyl (C=O) groups is 3. The summed E-state index contributed by atoms with van der Waals surface area (Å²) >= 11 is 0. The van der Waals surface area contributed by atoms with E-state index in [1.807, 2.05) is 30.3 Å². The third-order valence-corrected chi connectivity index (χ3v) is 7.27. The lowest BCUT2D eigenvalue weighted by atomic mass is 10.0. The zero-order chi connectivity index (χ0) is 32.1. The Morgan fingerprint density at radius 3 is 2.16 bits per heavy atom. The van der Waals surface area contributed by atoms with Gasteiger partial charge in [0.15, 0.2) is 0 Å². The van der Waals surface area contributed by atoms with E-state index in [4.69, 9.17) is 9.47 Å². The second-order valence-corrected chi connectivity index (χ2v) is 12.1. The van der Waals surface area contributed by atoms with Gasteiger partial charge in [0.25, 0.3) is 5.91 Å². The molecule has 3 aromatic rings. The molecular formula is C35H45N5O5. The van der Waals surface area contributed by atoms with Crippen molar-refractivity contribution < 1.29 is 23.9 Å². The maximum Gasteiger partial charge on any atom is 0.412 e. The van der Waals surface area contributed by atoms with Gasteiger partial charge in [-0.3, -0.25) is 15.0 Å². The number of rotatable bonds is 12. The predicted octanol–water partition coefficient (Wildman–Crippen LogP) is 5.81. The maximum absolute atomic E-state index is 13.0. The number of hydrogen-bond donors (Lipinski definition) is 4. The fraction of sp³-hybridized carbons (Fsp3) is 0.400. The molecule has 3 aromatic carbocycles. The van der Waals surface area contributed by atoms with Crippen molar-refractivity contribution in [2.45, 2.75) is 58.2 Å². The van der Waals surface area contributed by atoms with Crippen molar-refractivity contribution in [3.8, 4) is 0 Å². The van der Waals surface area contributed by atoms with Gasteiger partial charge in [-0.05, 0) is 82.0 Å². The largest absolute Gasteiger partial charge is 0.444 e. The van der Waals surface area contributed by atoms with Crippen LogP contribution in [0.15, 0.2) is 78.9 Å². The second-order valence-electron chi connectivity index (χ2n) is 12.1. The van der Waals surface area contributed by atoms with Crippen LogP contribution >= 0.6 is 0 Å². The highest BCUT2D eigenvalue weighted by Crippen LogP contribution is 2.23. The lowest BCUT2D eigenvalue weighted by Gasteiger charge is -2.27. The van der Waals surface area contributed by atoms with E-state index < -0.39 is 11.7 Å². The monoisotopic (exact) mass is 615 g/mol. The van der Waals surface area contributed by atoms with Gasteiger partial charge >= 0.3 is 12.1 Å². The summed E-state index contributed by atoms with van der Waals surface area (Å²) in [7, 11) is 0. The number of anilines is 2.